The van der Waals surface area contributed by atoms with Crippen molar-refractivity contribution in [1.29, 1.82) is 0 Å². The summed E-state index contributed by atoms with van der Waals surface area (Å²) in [7, 11) is 1.52. The molecule has 17 heteroatoms. The van der Waals surface area contributed by atoms with Crippen LogP contribution in [-0.2, 0) is 33.4 Å². The van der Waals surface area contributed by atoms with E-state index in [-0.39, 0.29) is 25.8 Å². The van der Waals surface area contributed by atoms with E-state index in [0.29, 0.717) is 19.4 Å². The van der Waals surface area contributed by atoms with Crippen LogP contribution in [0.5, 0.6) is 0 Å². The third kappa shape index (κ3) is 11.9. The number of carboxylic acid groups (broad SMARTS) is 1. The number of hydrogen-bond donors (Lipinski definition) is 9. The lowest BCUT2D eigenvalue weighted by Gasteiger charge is -2.44. The monoisotopic (exact) mass is 620 g/mol. The average Bonchev–Trinajstić information content (AvgIpc) is 2.94. The number of carboxylic acids is 1. The third-order valence-electron chi connectivity index (χ3n) is 7.10. The summed E-state index contributed by atoms with van der Waals surface area (Å²) in [6, 6.07) is -4.48. The van der Waals surface area contributed by atoms with Crippen LogP contribution in [0.1, 0.15) is 52.9 Å². The number of primary amides is 1. The second kappa shape index (κ2) is 18.7. The molecule has 0 saturated carbocycles. The van der Waals surface area contributed by atoms with Crippen LogP contribution >= 0.6 is 0 Å². The number of nitrogens with one attached hydrogen (secondary N) is 3. The zero-order valence-corrected chi connectivity index (χ0v) is 25.1. The first-order chi connectivity index (χ1) is 20.2. The predicted octanol–water partition coefficient (Wildman–Crippen LogP) is -3.90. The Kier molecular flexibility index (Phi) is 16.5. The number of aliphatic hydroxyl groups excluding tert-OH is 3. The minimum atomic E-state index is -1.63. The van der Waals surface area contributed by atoms with E-state index in [2.05, 4.69) is 16.0 Å². The van der Waals surface area contributed by atoms with Crippen LogP contribution in [0.25, 0.3) is 0 Å². The number of rotatable bonds is 19. The summed E-state index contributed by atoms with van der Waals surface area (Å²) in [5.41, 5.74) is 11.1. The van der Waals surface area contributed by atoms with E-state index in [1.807, 2.05) is 0 Å². The van der Waals surface area contributed by atoms with Crippen LogP contribution < -0.4 is 27.4 Å². The SMILES string of the molecule is CN[C@@H](C)C(=O)N(CC(C)O[C@H]1[C@H](O)[C@@H](CO)O[C@H](O)[C@@H]1NC(C)=O)[C@H](CCC(=O)N[C@@H](CCCCN)C(=O)O)C(N)=O. The largest absolute Gasteiger partial charge is 0.480 e. The molecule has 0 bridgehead atoms. The van der Waals surface area contributed by atoms with Crippen LogP contribution in [0.15, 0.2) is 0 Å². The lowest BCUT2D eigenvalue weighted by atomic mass is 9.96. The molecule has 1 fully saturated rings. The van der Waals surface area contributed by atoms with Crippen molar-refractivity contribution < 1.29 is 53.9 Å². The second-order valence-electron chi connectivity index (χ2n) is 10.6. The number of aliphatic hydroxyl groups is 3. The molecule has 0 aromatic carbocycles. The van der Waals surface area contributed by atoms with E-state index in [0.717, 1.165) is 4.90 Å². The second-order valence-corrected chi connectivity index (χ2v) is 10.6. The Bertz CT molecular complexity index is 941. The molecule has 1 heterocycles. The summed E-state index contributed by atoms with van der Waals surface area (Å²) >= 11 is 0. The molecule has 1 aliphatic rings. The molecule has 43 heavy (non-hydrogen) atoms. The fourth-order valence-corrected chi connectivity index (χ4v) is 4.70. The molecule has 248 valence electrons. The molecule has 0 aromatic heterocycles. The molecule has 17 nitrogen and oxygen atoms in total. The molecule has 0 aromatic rings. The van der Waals surface area contributed by atoms with E-state index in [1.54, 1.807) is 6.92 Å². The number of likely N-dealkylation sites (N-methyl/N-ethyl adjacent to an activating group) is 1. The first-order valence-corrected chi connectivity index (χ1v) is 14.2. The smallest absolute Gasteiger partial charge is 0.326 e. The Morgan fingerprint density at radius 3 is 2.26 bits per heavy atom. The van der Waals surface area contributed by atoms with Crippen molar-refractivity contribution in [3.63, 3.8) is 0 Å². The van der Waals surface area contributed by atoms with Gasteiger partial charge in [0.2, 0.25) is 23.6 Å². The molecule has 1 unspecified atom stereocenters. The summed E-state index contributed by atoms with van der Waals surface area (Å²) in [5, 5.41) is 47.7. The van der Waals surface area contributed by atoms with Crippen molar-refractivity contribution in [3.8, 4) is 0 Å². The first kappa shape index (κ1) is 38.1. The zero-order valence-electron chi connectivity index (χ0n) is 25.1. The van der Waals surface area contributed by atoms with Gasteiger partial charge in [0.25, 0.3) is 0 Å². The minimum Gasteiger partial charge on any atom is -0.480 e. The van der Waals surface area contributed by atoms with Gasteiger partial charge in [-0.05, 0) is 53.1 Å². The van der Waals surface area contributed by atoms with Gasteiger partial charge in [0.05, 0.1) is 18.8 Å². The number of hydrogen-bond acceptors (Lipinski definition) is 12. The number of aliphatic carboxylic acids is 1. The predicted molar refractivity (Wildman–Crippen MR) is 151 cm³/mol. The van der Waals surface area contributed by atoms with Gasteiger partial charge >= 0.3 is 5.97 Å². The molecule has 11 N–H and O–H groups in total. The lowest BCUT2D eigenvalue weighted by Crippen LogP contribution is -2.65. The Balaban J connectivity index is 3.14. The number of amides is 4. The van der Waals surface area contributed by atoms with Gasteiger partial charge in [-0.2, -0.15) is 0 Å². The van der Waals surface area contributed by atoms with E-state index in [1.165, 1.54) is 20.9 Å². The van der Waals surface area contributed by atoms with Gasteiger partial charge in [-0.3, -0.25) is 19.2 Å². The average molecular weight is 621 g/mol. The van der Waals surface area contributed by atoms with Crippen molar-refractivity contribution in [3.05, 3.63) is 0 Å². The van der Waals surface area contributed by atoms with Gasteiger partial charge in [-0.15, -0.1) is 0 Å². The molecule has 4 amide bonds. The van der Waals surface area contributed by atoms with Crippen molar-refractivity contribution in [2.75, 3.05) is 26.7 Å². The maximum Gasteiger partial charge on any atom is 0.326 e. The highest BCUT2D eigenvalue weighted by Crippen LogP contribution is 2.24. The summed E-state index contributed by atoms with van der Waals surface area (Å²) in [6.07, 6.45) is -5.91. The first-order valence-electron chi connectivity index (χ1n) is 14.2. The number of carbonyl (C=O) groups excluding carboxylic acids is 4. The fourth-order valence-electron chi connectivity index (χ4n) is 4.70. The van der Waals surface area contributed by atoms with Gasteiger partial charge < -0.3 is 62.2 Å². The van der Waals surface area contributed by atoms with Crippen LogP contribution in [0.2, 0.25) is 0 Å². The standard InChI is InChI=1S/C26H48N6O11/c1-13(42-22-20(30-15(3)34)26(41)43-18(12-33)21(22)36)11-32(24(38)14(2)29-4)17(23(28)37)8-9-19(35)31-16(25(39)40)7-5-6-10-27/h13-14,16-18,20-22,26,29,33,36,41H,5-12,27H2,1-4H3,(H2,28,37)(H,30,34)(H,31,35)(H,39,40)/t13?,14-,16-,17+,18+,20+,21+,22+,26-/m0/s1. The zero-order chi connectivity index (χ0) is 32.9. The third-order valence-corrected chi connectivity index (χ3v) is 7.10. The highest BCUT2D eigenvalue weighted by Gasteiger charge is 2.46. The van der Waals surface area contributed by atoms with E-state index < -0.39 is 91.1 Å². The van der Waals surface area contributed by atoms with Crippen LogP contribution in [-0.4, -0.2) is 137 Å². The van der Waals surface area contributed by atoms with Crippen molar-refractivity contribution >= 4 is 29.6 Å². The normalized spacial score (nSPS) is 24.7. The quantitative estimate of drug-likeness (QED) is 0.0626. The Morgan fingerprint density at radius 2 is 1.74 bits per heavy atom. The van der Waals surface area contributed by atoms with Gasteiger partial charge in [0.15, 0.2) is 6.29 Å². The summed E-state index contributed by atoms with van der Waals surface area (Å²) in [5.74, 6) is -3.92. The molecule has 0 aliphatic carbocycles. The van der Waals surface area contributed by atoms with Crippen molar-refractivity contribution in [2.45, 2.75) is 108 Å². The van der Waals surface area contributed by atoms with Gasteiger partial charge in [0.1, 0.15) is 36.4 Å². The lowest BCUT2D eigenvalue weighted by molar-refractivity contribution is -0.268. The Labute approximate surface area is 250 Å². The topological polar surface area (TPSA) is 276 Å². The number of unbranched alkanes of at least 4 members (excludes halogenated alkanes) is 1. The van der Waals surface area contributed by atoms with E-state index >= 15 is 0 Å². The van der Waals surface area contributed by atoms with Gasteiger partial charge in [-0.25, -0.2) is 4.79 Å². The number of nitrogens with two attached hydrogens (primary N) is 2. The van der Waals surface area contributed by atoms with Crippen LogP contribution in [0.3, 0.4) is 0 Å². The summed E-state index contributed by atoms with van der Waals surface area (Å²) < 4.78 is 11.1. The Hall–Kier alpha value is -2.93. The van der Waals surface area contributed by atoms with E-state index in [4.69, 9.17) is 20.9 Å². The number of carbonyl (C=O) groups is 5. The molecule has 9 atom stereocenters. The number of nitrogens with zero attached hydrogens (tertiary/aromatic N) is 1. The Morgan fingerprint density at radius 1 is 1.09 bits per heavy atom. The maximum atomic E-state index is 13.3. The number of ether oxygens (including phenoxy) is 2. The maximum absolute atomic E-state index is 13.3. The van der Waals surface area contributed by atoms with Crippen LogP contribution in [0.4, 0.5) is 0 Å². The molecular formula is C26H48N6O11. The molecular weight excluding hydrogens is 572 g/mol. The molecule has 0 spiro atoms. The minimum absolute atomic E-state index is 0.167. The van der Waals surface area contributed by atoms with Crippen LogP contribution in [0, 0.1) is 0 Å². The van der Waals surface area contributed by atoms with Crippen molar-refractivity contribution in [2.24, 2.45) is 11.5 Å². The molecule has 1 saturated heterocycles. The molecule has 0 radical (unpaired) electrons. The fraction of sp³-hybridized carbons (Fsp3) is 0.808. The highest BCUT2D eigenvalue weighted by molar-refractivity contribution is 5.90. The van der Waals surface area contributed by atoms with E-state index in [9.17, 15) is 44.4 Å². The summed E-state index contributed by atoms with van der Waals surface area (Å²) in [6.45, 7) is 3.69. The highest BCUT2D eigenvalue weighted by atomic mass is 16.6. The van der Waals surface area contributed by atoms with Crippen molar-refractivity contribution in [1.82, 2.24) is 20.9 Å². The van der Waals surface area contributed by atoms with Gasteiger partial charge in [-0.1, -0.05) is 0 Å². The molecule has 1 rings (SSSR count). The molecule has 1 aliphatic heterocycles. The summed E-state index contributed by atoms with van der Waals surface area (Å²) in [4.78, 5) is 62.9. The van der Waals surface area contributed by atoms with Gasteiger partial charge in [0, 0.05) is 19.9 Å².